The van der Waals surface area contributed by atoms with E-state index >= 15 is 0 Å². The van der Waals surface area contributed by atoms with E-state index in [9.17, 15) is 9.90 Å². The van der Waals surface area contributed by atoms with Crippen LogP contribution in [0.4, 0.5) is 0 Å². The lowest BCUT2D eigenvalue weighted by molar-refractivity contribution is 0.0401. The number of aromatic nitrogens is 1. The molecular formula is C12H16N2O3. The van der Waals surface area contributed by atoms with E-state index in [4.69, 9.17) is 4.42 Å². The van der Waals surface area contributed by atoms with Gasteiger partial charge in [0.2, 0.25) is 0 Å². The van der Waals surface area contributed by atoms with Crippen LogP contribution < -0.4 is 11.1 Å². The van der Waals surface area contributed by atoms with Gasteiger partial charge < -0.3 is 14.8 Å². The van der Waals surface area contributed by atoms with E-state index in [0.717, 1.165) is 5.56 Å². The van der Waals surface area contributed by atoms with Gasteiger partial charge in [0, 0.05) is 0 Å². The van der Waals surface area contributed by atoms with E-state index in [1.807, 2.05) is 6.07 Å². The number of benzene rings is 1. The van der Waals surface area contributed by atoms with E-state index in [-0.39, 0.29) is 6.04 Å². The van der Waals surface area contributed by atoms with E-state index in [1.165, 1.54) is 0 Å². The molecule has 0 radical (unpaired) electrons. The Kier molecular flexibility index (Phi) is 2.81. The smallest absolute Gasteiger partial charge is 0.408 e. The Labute approximate surface area is 98.5 Å². The Morgan fingerprint density at radius 1 is 1.47 bits per heavy atom. The third kappa shape index (κ3) is 2.25. The number of H-pyrrole nitrogens is 1. The third-order valence-corrected chi connectivity index (χ3v) is 2.77. The lowest BCUT2D eigenvalue weighted by atomic mass is 9.92. The molecule has 0 spiro atoms. The molecule has 92 valence electrons. The van der Waals surface area contributed by atoms with Gasteiger partial charge in [-0.3, -0.25) is 4.98 Å². The molecule has 5 nitrogen and oxygen atoms in total. The molecule has 0 saturated heterocycles. The molecule has 0 amide bonds. The van der Waals surface area contributed by atoms with Crippen molar-refractivity contribution in [2.24, 2.45) is 0 Å². The van der Waals surface area contributed by atoms with Crippen molar-refractivity contribution in [2.45, 2.75) is 25.5 Å². The second kappa shape index (κ2) is 4.01. The van der Waals surface area contributed by atoms with Crippen LogP contribution in [0.5, 0.6) is 0 Å². The molecule has 17 heavy (non-hydrogen) atoms. The Hall–Kier alpha value is -1.59. The number of rotatable bonds is 3. The number of hydrogen-bond acceptors (Lipinski definition) is 4. The average molecular weight is 236 g/mol. The number of hydrogen-bond donors (Lipinski definition) is 3. The van der Waals surface area contributed by atoms with Crippen molar-refractivity contribution in [3.05, 3.63) is 34.3 Å². The summed E-state index contributed by atoms with van der Waals surface area (Å²) in [7, 11) is 1.78. The second-order valence-electron chi connectivity index (χ2n) is 4.65. The molecule has 1 unspecified atom stereocenters. The highest BCUT2D eigenvalue weighted by Crippen LogP contribution is 2.26. The van der Waals surface area contributed by atoms with Crippen LogP contribution >= 0.6 is 0 Å². The van der Waals surface area contributed by atoms with Crippen molar-refractivity contribution >= 4 is 11.1 Å². The molecule has 0 aliphatic carbocycles. The normalized spacial score (nSPS) is 14.1. The van der Waals surface area contributed by atoms with Gasteiger partial charge in [-0.15, -0.1) is 0 Å². The van der Waals surface area contributed by atoms with Gasteiger partial charge in [-0.1, -0.05) is 6.07 Å². The van der Waals surface area contributed by atoms with Gasteiger partial charge in [0.25, 0.3) is 0 Å². The summed E-state index contributed by atoms with van der Waals surface area (Å²) in [4.78, 5) is 13.6. The highest BCUT2D eigenvalue weighted by molar-refractivity contribution is 5.72. The fourth-order valence-electron chi connectivity index (χ4n) is 2.07. The maximum Gasteiger partial charge on any atom is 0.417 e. The third-order valence-electron chi connectivity index (χ3n) is 2.77. The molecule has 2 rings (SSSR count). The first-order valence-electron chi connectivity index (χ1n) is 5.44. The maximum absolute atomic E-state index is 11.0. The molecule has 1 heterocycles. The molecule has 2 aromatic rings. The van der Waals surface area contributed by atoms with Gasteiger partial charge in [0.05, 0.1) is 17.2 Å². The van der Waals surface area contributed by atoms with Gasteiger partial charge in [-0.05, 0) is 38.6 Å². The van der Waals surface area contributed by atoms with Crippen LogP contribution in [0.2, 0.25) is 0 Å². The fraction of sp³-hybridized carbons (Fsp3) is 0.417. The van der Waals surface area contributed by atoms with Gasteiger partial charge in [0.15, 0.2) is 5.58 Å². The van der Waals surface area contributed by atoms with Crippen molar-refractivity contribution in [3.8, 4) is 0 Å². The summed E-state index contributed by atoms with van der Waals surface area (Å²) in [6.45, 7) is 3.46. The zero-order valence-corrected chi connectivity index (χ0v) is 10.1. The highest BCUT2D eigenvalue weighted by atomic mass is 16.4. The van der Waals surface area contributed by atoms with Crippen LogP contribution in [0.25, 0.3) is 11.1 Å². The van der Waals surface area contributed by atoms with Crippen molar-refractivity contribution in [1.29, 1.82) is 0 Å². The average Bonchev–Trinajstić information content (AvgIpc) is 2.56. The lowest BCUT2D eigenvalue weighted by Gasteiger charge is -2.29. The zero-order valence-electron chi connectivity index (χ0n) is 10.1. The summed E-state index contributed by atoms with van der Waals surface area (Å²) in [5, 5.41) is 13.1. The quantitative estimate of drug-likeness (QED) is 0.747. The number of oxazole rings is 1. The number of fused-ring (bicyclic) bond motifs is 1. The second-order valence-corrected chi connectivity index (χ2v) is 4.65. The first kappa shape index (κ1) is 11.9. The molecular weight excluding hydrogens is 220 g/mol. The summed E-state index contributed by atoms with van der Waals surface area (Å²) in [6, 6.07) is 5.15. The predicted molar refractivity (Wildman–Crippen MR) is 64.9 cm³/mol. The monoisotopic (exact) mass is 236 g/mol. The Bertz CT molecular complexity index is 577. The topological polar surface area (TPSA) is 78.3 Å². The SMILES string of the molecule is CNC(c1ccc2[nH]c(=O)oc2c1)C(C)(C)O. The van der Waals surface area contributed by atoms with Crippen LogP contribution in [0, 0.1) is 0 Å². The Balaban J connectivity index is 2.51. The highest BCUT2D eigenvalue weighted by Gasteiger charge is 2.27. The summed E-state index contributed by atoms with van der Waals surface area (Å²) in [5.74, 6) is -0.471. The standard InChI is InChI=1S/C12H16N2O3/c1-12(2,16)10(13-3)7-4-5-8-9(6-7)17-11(15)14-8/h4-6,10,13,16H,1-3H3,(H,14,15). The minimum absolute atomic E-state index is 0.230. The van der Waals surface area contributed by atoms with Crippen molar-refractivity contribution in [2.75, 3.05) is 7.05 Å². The van der Waals surface area contributed by atoms with Crippen LogP contribution in [0.1, 0.15) is 25.5 Å². The maximum atomic E-state index is 11.0. The fourth-order valence-corrected chi connectivity index (χ4v) is 2.07. The predicted octanol–water partition coefficient (Wildman–Crippen LogP) is 1.15. The first-order chi connectivity index (χ1) is 7.91. The number of nitrogens with one attached hydrogen (secondary N) is 2. The molecule has 0 saturated carbocycles. The number of aromatic amines is 1. The largest absolute Gasteiger partial charge is 0.417 e. The summed E-state index contributed by atoms with van der Waals surface area (Å²) in [5.41, 5.74) is 1.12. The Morgan fingerprint density at radius 3 is 2.76 bits per heavy atom. The Morgan fingerprint density at radius 2 is 2.18 bits per heavy atom. The zero-order chi connectivity index (χ0) is 12.6. The minimum Gasteiger partial charge on any atom is -0.408 e. The molecule has 1 atom stereocenters. The van der Waals surface area contributed by atoms with Crippen molar-refractivity contribution in [1.82, 2.24) is 10.3 Å². The summed E-state index contributed by atoms with van der Waals surface area (Å²) >= 11 is 0. The molecule has 5 heteroatoms. The molecule has 3 N–H and O–H groups in total. The van der Waals surface area contributed by atoms with Crippen molar-refractivity contribution in [3.63, 3.8) is 0 Å². The number of aliphatic hydroxyl groups is 1. The van der Waals surface area contributed by atoms with Crippen LogP contribution in [-0.2, 0) is 0 Å². The molecule has 1 aromatic carbocycles. The van der Waals surface area contributed by atoms with E-state index in [2.05, 4.69) is 10.3 Å². The molecule has 0 bridgehead atoms. The van der Waals surface area contributed by atoms with Crippen LogP contribution in [0.15, 0.2) is 27.4 Å². The van der Waals surface area contributed by atoms with Gasteiger partial charge in [0.1, 0.15) is 0 Å². The van der Waals surface area contributed by atoms with Gasteiger partial charge in [-0.2, -0.15) is 0 Å². The van der Waals surface area contributed by atoms with Gasteiger partial charge >= 0.3 is 5.76 Å². The first-order valence-corrected chi connectivity index (χ1v) is 5.44. The van der Waals surface area contributed by atoms with E-state index in [0.29, 0.717) is 11.1 Å². The minimum atomic E-state index is -0.904. The van der Waals surface area contributed by atoms with Crippen LogP contribution in [-0.4, -0.2) is 22.7 Å². The molecule has 0 fully saturated rings. The molecule has 0 aliphatic heterocycles. The van der Waals surface area contributed by atoms with E-state index in [1.54, 1.807) is 33.0 Å². The number of likely N-dealkylation sites (N-methyl/N-ethyl adjacent to an activating group) is 1. The lowest BCUT2D eigenvalue weighted by Crippen LogP contribution is -2.37. The van der Waals surface area contributed by atoms with Gasteiger partial charge in [-0.25, -0.2) is 4.79 Å². The summed E-state index contributed by atoms with van der Waals surface area (Å²) < 4.78 is 5.00. The van der Waals surface area contributed by atoms with Crippen LogP contribution in [0.3, 0.4) is 0 Å². The summed E-state index contributed by atoms with van der Waals surface area (Å²) in [6.07, 6.45) is 0. The molecule has 1 aromatic heterocycles. The van der Waals surface area contributed by atoms with Crippen molar-refractivity contribution < 1.29 is 9.52 Å². The van der Waals surface area contributed by atoms with E-state index < -0.39 is 11.4 Å². The molecule has 0 aliphatic rings.